The molecular weight excluding hydrogens is 236 g/mol. The Bertz CT molecular complexity index is 479. The third kappa shape index (κ3) is 3.80. The fourth-order valence-corrected chi connectivity index (χ4v) is 2.59. The molecule has 0 aliphatic heterocycles. The van der Waals surface area contributed by atoms with E-state index in [9.17, 15) is 8.42 Å². The third-order valence-electron chi connectivity index (χ3n) is 2.86. The lowest BCUT2D eigenvalue weighted by Gasteiger charge is -2.18. The van der Waals surface area contributed by atoms with Crippen LogP contribution < -0.4 is 5.14 Å². The summed E-state index contributed by atoms with van der Waals surface area (Å²) in [7, 11) is -3.62. The van der Waals surface area contributed by atoms with E-state index in [0.717, 1.165) is 25.2 Å². The topological polar surface area (TPSA) is 63.4 Å². The van der Waals surface area contributed by atoms with Gasteiger partial charge in [-0.15, -0.1) is 0 Å². The molecule has 2 N–H and O–H groups in total. The summed E-state index contributed by atoms with van der Waals surface area (Å²) in [5, 5.41) is 5.18. The summed E-state index contributed by atoms with van der Waals surface area (Å²) in [5.41, 5.74) is 1.67. The number of nitrogens with two attached hydrogens (primary N) is 1. The Balaban J connectivity index is 3.05. The standard InChI is InChI=1S/C12H20N2O2S/c1-4-14(5-2)9-11-7-6-10(3)12(8-11)17(13,15)16/h6-8H,4-5,9H2,1-3H3,(H2,13,15,16). The number of rotatable bonds is 5. The Hall–Kier alpha value is -0.910. The normalized spacial score (nSPS) is 12.1. The second-order valence-corrected chi connectivity index (χ2v) is 5.64. The highest BCUT2D eigenvalue weighted by molar-refractivity contribution is 7.89. The molecule has 0 saturated carbocycles. The molecule has 0 aliphatic rings. The smallest absolute Gasteiger partial charge is 0.238 e. The van der Waals surface area contributed by atoms with Gasteiger partial charge in [-0.05, 0) is 37.2 Å². The van der Waals surface area contributed by atoms with Crippen molar-refractivity contribution in [2.45, 2.75) is 32.2 Å². The molecule has 4 nitrogen and oxygen atoms in total. The number of nitrogens with zero attached hydrogens (tertiary/aromatic N) is 1. The molecule has 96 valence electrons. The van der Waals surface area contributed by atoms with Gasteiger partial charge in [-0.2, -0.15) is 0 Å². The van der Waals surface area contributed by atoms with E-state index in [0.29, 0.717) is 5.56 Å². The van der Waals surface area contributed by atoms with Crippen LogP contribution in [0, 0.1) is 6.92 Å². The first-order valence-corrected chi connectivity index (χ1v) is 7.27. The first-order chi connectivity index (χ1) is 7.88. The minimum atomic E-state index is -3.62. The average molecular weight is 256 g/mol. The molecule has 0 atom stereocenters. The van der Waals surface area contributed by atoms with Crippen molar-refractivity contribution < 1.29 is 8.42 Å². The maximum absolute atomic E-state index is 11.4. The predicted octanol–water partition coefficient (Wildman–Crippen LogP) is 1.48. The largest absolute Gasteiger partial charge is 0.300 e. The minimum absolute atomic E-state index is 0.224. The molecule has 0 spiro atoms. The fourth-order valence-electron chi connectivity index (χ4n) is 1.75. The summed E-state index contributed by atoms with van der Waals surface area (Å²) in [5.74, 6) is 0. The molecule has 17 heavy (non-hydrogen) atoms. The highest BCUT2D eigenvalue weighted by Gasteiger charge is 2.12. The number of primary sulfonamides is 1. The van der Waals surface area contributed by atoms with Crippen LogP contribution >= 0.6 is 0 Å². The molecule has 1 rings (SSSR count). The van der Waals surface area contributed by atoms with Crippen molar-refractivity contribution in [3.05, 3.63) is 29.3 Å². The summed E-state index contributed by atoms with van der Waals surface area (Å²) >= 11 is 0. The van der Waals surface area contributed by atoms with Gasteiger partial charge in [-0.25, -0.2) is 13.6 Å². The Morgan fingerprint density at radius 1 is 1.24 bits per heavy atom. The highest BCUT2D eigenvalue weighted by Crippen LogP contribution is 2.16. The molecule has 0 amide bonds. The van der Waals surface area contributed by atoms with Crippen LogP contribution in [-0.2, 0) is 16.6 Å². The van der Waals surface area contributed by atoms with Gasteiger partial charge in [0.05, 0.1) is 4.90 Å². The maximum atomic E-state index is 11.4. The zero-order chi connectivity index (χ0) is 13.1. The number of aryl methyl sites for hydroxylation is 1. The Morgan fingerprint density at radius 3 is 2.29 bits per heavy atom. The van der Waals surface area contributed by atoms with Crippen LogP contribution in [0.5, 0.6) is 0 Å². The van der Waals surface area contributed by atoms with Gasteiger partial charge in [0.1, 0.15) is 0 Å². The van der Waals surface area contributed by atoms with Gasteiger partial charge >= 0.3 is 0 Å². The Labute approximate surface area is 103 Å². The second-order valence-electron chi connectivity index (χ2n) is 4.11. The SMILES string of the molecule is CCN(CC)Cc1ccc(C)c(S(N)(=O)=O)c1. The van der Waals surface area contributed by atoms with Crippen LogP contribution in [0.2, 0.25) is 0 Å². The lowest BCUT2D eigenvalue weighted by atomic mass is 10.1. The van der Waals surface area contributed by atoms with E-state index >= 15 is 0 Å². The lowest BCUT2D eigenvalue weighted by molar-refractivity contribution is 0.295. The number of benzene rings is 1. The van der Waals surface area contributed by atoms with Crippen LogP contribution in [-0.4, -0.2) is 26.4 Å². The molecule has 0 aromatic heterocycles. The summed E-state index contributed by atoms with van der Waals surface area (Å²) in [4.78, 5) is 2.44. The van der Waals surface area contributed by atoms with Crippen molar-refractivity contribution >= 4 is 10.0 Å². The van der Waals surface area contributed by atoms with Gasteiger partial charge in [-0.3, -0.25) is 4.90 Å². The van der Waals surface area contributed by atoms with Crippen molar-refractivity contribution in [2.24, 2.45) is 5.14 Å². The molecule has 0 aliphatic carbocycles. The van der Waals surface area contributed by atoms with E-state index in [-0.39, 0.29) is 4.90 Å². The molecule has 0 heterocycles. The number of sulfonamides is 1. The van der Waals surface area contributed by atoms with Gasteiger partial charge in [0, 0.05) is 6.54 Å². The van der Waals surface area contributed by atoms with Crippen LogP contribution in [0.3, 0.4) is 0 Å². The Kier molecular flexibility index (Phi) is 4.68. The van der Waals surface area contributed by atoms with E-state index < -0.39 is 10.0 Å². The maximum Gasteiger partial charge on any atom is 0.238 e. The van der Waals surface area contributed by atoms with Gasteiger partial charge in [0.15, 0.2) is 0 Å². The lowest BCUT2D eigenvalue weighted by Crippen LogP contribution is -2.22. The number of hydrogen-bond acceptors (Lipinski definition) is 3. The number of hydrogen-bond donors (Lipinski definition) is 1. The van der Waals surface area contributed by atoms with Crippen LogP contribution in [0.4, 0.5) is 0 Å². The first-order valence-electron chi connectivity index (χ1n) is 5.73. The van der Waals surface area contributed by atoms with Crippen molar-refractivity contribution in [1.29, 1.82) is 0 Å². The third-order valence-corrected chi connectivity index (χ3v) is 3.91. The second kappa shape index (κ2) is 5.62. The van der Waals surface area contributed by atoms with E-state index in [1.165, 1.54) is 0 Å². The first kappa shape index (κ1) is 14.2. The van der Waals surface area contributed by atoms with E-state index in [4.69, 9.17) is 5.14 Å². The average Bonchev–Trinajstić information content (AvgIpc) is 2.26. The molecule has 0 unspecified atom stereocenters. The summed E-state index contributed by atoms with van der Waals surface area (Å²) < 4.78 is 22.8. The molecular formula is C12H20N2O2S. The van der Waals surface area contributed by atoms with E-state index in [2.05, 4.69) is 18.7 Å². The van der Waals surface area contributed by atoms with Gasteiger partial charge in [0.2, 0.25) is 10.0 Å². The Morgan fingerprint density at radius 2 is 1.82 bits per heavy atom. The van der Waals surface area contributed by atoms with E-state index in [1.807, 2.05) is 6.07 Å². The molecule has 0 bridgehead atoms. The quantitative estimate of drug-likeness (QED) is 0.868. The predicted molar refractivity (Wildman–Crippen MR) is 69.2 cm³/mol. The van der Waals surface area contributed by atoms with Gasteiger partial charge in [0.25, 0.3) is 0 Å². The molecule has 0 saturated heterocycles. The zero-order valence-electron chi connectivity index (χ0n) is 10.6. The van der Waals surface area contributed by atoms with E-state index in [1.54, 1.807) is 19.1 Å². The van der Waals surface area contributed by atoms with Crippen LogP contribution in [0.25, 0.3) is 0 Å². The monoisotopic (exact) mass is 256 g/mol. The van der Waals surface area contributed by atoms with Crippen molar-refractivity contribution in [1.82, 2.24) is 4.90 Å². The van der Waals surface area contributed by atoms with Crippen molar-refractivity contribution in [3.63, 3.8) is 0 Å². The highest BCUT2D eigenvalue weighted by atomic mass is 32.2. The zero-order valence-corrected chi connectivity index (χ0v) is 11.4. The molecule has 1 aromatic carbocycles. The van der Waals surface area contributed by atoms with Crippen LogP contribution in [0.15, 0.2) is 23.1 Å². The summed E-state index contributed by atoms with van der Waals surface area (Å²) in [6.07, 6.45) is 0. The molecule has 5 heteroatoms. The van der Waals surface area contributed by atoms with Gasteiger partial charge < -0.3 is 0 Å². The van der Waals surface area contributed by atoms with Crippen molar-refractivity contribution in [3.8, 4) is 0 Å². The summed E-state index contributed by atoms with van der Waals surface area (Å²) in [6, 6.07) is 5.42. The molecule has 0 fully saturated rings. The minimum Gasteiger partial charge on any atom is -0.300 e. The van der Waals surface area contributed by atoms with Crippen molar-refractivity contribution in [2.75, 3.05) is 13.1 Å². The summed E-state index contributed by atoms with van der Waals surface area (Å²) in [6.45, 7) is 8.54. The fraction of sp³-hybridized carbons (Fsp3) is 0.500. The molecule has 0 radical (unpaired) electrons. The van der Waals surface area contributed by atoms with Crippen LogP contribution in [0.1, 0.15) is 25.0 Å². The van der Waals surface area contributed by atoms with Gasteiger partial charge in [-0.1, -0.05) is 26.0 Å². The molecule has 1 aromatic rings.